The lowest BCUT2D eigenvalue weighted by atomic mass is 10.1. The molecule has 0 aliphatic heterocycles. The zero-order valence-corrected chi connectivity index (χ0v) is 13.4. The third-order valence-corrected chi connectivity index (χ3v) is 3.32. The molecule has 1 aromatic rings. The van der Waals surface area contributed by atoms with Crippen molar-refractivity contribution >= 4 is 23.5 Å². The summed E-state index contributed by atoms with van der Waals surface area (Å²) in [6.45, 7) is 6.60. The van der Waals surface area contributed by atoms with Crippen molar-refractivity contribution in [2.45, 2.75) is 33.2 Å². The zero-order valence-electron chi connectivity index (χ0n) is 12.6. The van der Waals surface area contributed by atoms with Crippen LogP contribution < -0.4 is 4.74 Å². The Hall–Kier alpha value is -1.75. The van der Waals surface area contributed by atoms with Crippen LogP contribution in [0.3, 0.4) is 0 Å². The van der Waals surface area contributed by atoms with Gasteiger partial charge >= 0.3 is 5.97 Å². The van der Waals surface area contributed by atoms with Crippen molar-refractivity contribution in [3.05, 3.63) is 28.8 Å². The first-order valence-corrected chi connectivity index (χ1v) is 6.90. The lowest BCUT2D eigenvalue weighted by Gasteiger charge is -2.34. The number of amides is 1. The number of hydrogen-bond acceptors (Lipinski definition) is 3. The average molecular weight is 314 g/mol. The Morgan fingerprint density at radius 1 is 1.33 bits per heavy atom. The molecule has 1 amide bonds. The first-order valence-electron chi connectivity index (χ1n) is 6.52. The SMILES string of the molecule is Cc1cc(OCC(=O)N(CC(=O)O)C(C)(C)C)ccc1Cl. The van der Waals surface area contributed by atoms with Crippen LogP contribution in [0, 0.1) is 6.92 Å². The molecule has 0 aliphatic carbocycles. The van der Waals surface area contributed by atoms with E-state index >= 15 is 0 Å². The fourth-order valence-electron chi connectivity index (χ4n) is 1.76. The van der Waals surface area contributed by atoms with Crippen LogP contribution in [0.2, 0.25) is 5.02 Å². The molecule has 21 heavy (non-hydrogen) atoms. The van der Waals surface area contributed by atoms with Crippen molar-refractivity contribution in [2.24, 2.45) is 0 Å². The number of carboxylic acid groups (broad SMARTS) is 1. The summed E-state index contributed by atoms with van der Waals surface area (Å²) >= 11 is 5.91. The monoisotopic (exact) mass is 313 g/mol. The van der Waals surface area contributed by atoms with E-state index in [1.165, 1.54) is 4.90 Å². The minimum atomic E-state index is -1.05. The summed E-state index contributed by atoms with van der Waals surface area (Å²) in [6, 6.07) is 5.09. The summed E-state index contributed by atoms with van der Waals surface area (Å²) in [5.41, 5.74) is 0.259. The maximum Gasteiger partial charge on any atom is 0.323 e. The summed E-state index contributed by atoms with van der Waals surface area (Å²) in [5.74, 6) is -0.910. The second-order valence-corrected chi connectivity index (χ2v) is 6.15. The maximum atomic E-state index is 12.2. The van der Waals surface area contributed by atoms with Crippen LogP contribution in [0.25, 0.3) is 0 Å². The molecule has 0 bridgehead atoms. The number of carbonyl (C=O) groups is 2. The second-order valence-electron chi connectivity index (χ2n) is 5.74. The Morgan fingerprint density at radius 3 is 2.43 bits per heavy atom. The van der Waals surface area contributed by atoms with Gasteiger partial charge < -0.3 is 14.7 Å². The molecule has 0 aliphatic rings. The molecule has 1 N–H and O–H groups in total. The summed E-state index contributed by atoms with van der Waals surface area (Å²) in [4.78, 5) is 24.3. The van der Waals surface area contributed by atoms with Crippen LogP contribution in [0.1, 0.15) is 26.3 Å². The molecule has 6 heteroatoms. The summed E-state index contributed by atoms with van der Waals surface area (Å²) in [5, 5.41) is 9.52. The zero-order chi connectivity index (χ0) is 16.2. The number of carboxylic acids is 1. The standard InChI is InChI=1S/C15H20ClNO4/c1-10-7-11(5-6-12(10)16)21-9-13(18)17(8-14(19)20)15(2,3)4/h5-7H,8-9H2,1-4H3,(H,19,20). The van der Waals surface area contributed by atoms with Gasteiger partial charge in [0.1, 0.15) is 12.3 Å². The van der Waals surface area contributed by atoms with E-state index in [-0.39, 0.29) is 19.1 Å². The van der Waals surface area contributed by atoms with Gasteiger partial charge in [-0.05, 0) is 51.5 Å². The van der Waals surface area contributed by atoms with Gasteiger partial charge in [-0.25, -0.2) is 0 Å². The third-order valence-electron chi connectivity index (χ3n) is 2.90. The van der Waals surface area contributed by atoms with E-state index in [4.69, 9.17) is 21.4 Å². The predicted molar refractivity (Wildman–Crippen MR) is 80.8 cm³/mol. The smallest absolute Gasteiger partial charge is 0.323 e. The van der Waals surface area contributed by atoms with E-state index in [2.05, 4.69) is 0 Å². The average Bonchev–Trinajstić information content (AvgIpc) is 2.35. The van der Waals surface area contributed by atoms with E-state index in [9.17, 15) is 9.59 Å². The Labute approximate surface area is 129 Å². The van der Waals surface area contributed by atoms with Gasteiger partial charge in [0.25, 0.3) is 5.91 Å². The fourth-order valence-corrected chi connectivity index (χ4v) is 1.88. The number of nitrogens with zero attached hydrogens (tertiary/aromatic N) is 1. The molecule has 0 radical (unpaired) electrons. The Kier molecular flexibility index (Phi) is 5.61. The van der Waals surface area contributed by atoms with Gasteiger partial charge in [0.05, 0.1) is 0 Å². The van der Waals surface area contributed by atoms with E-state index < -0.39 is 11.5 Å². The maximum absolute atomic E-state index is 12.2. The third kappa shape index (κ3) is 5.27. The molecular weight excluding hydrogens is 294 g/mol. The second kappa shape index (κ2) is 6.80. The summed E-state index contributed by atoms with van der Waals surface area (Å²) < 4.78 is 5.42. The van der Waals surface area contributed by atoms with E-state index in [1.807, 2.05) is 6.92 Å². The van der Waals surface area contributed by atoms with Crippen LogP contribution in [-0.4, -0.2) is 40.6 Å². The lowest BCUT2D eigenvalue weighted by Crippen LogP contribution is -2.50. The number of ether oxygens (including phenoxy) is 1. The number of rotatable bonds is 5. The molecule has 0 fully saturated rings. The summed E-state index contributed by atoms with van der Waals surface area (Å²) in [7, 11) is 0. The number of halogens is 1. The normalized spacial score (nSPS) is 11.1. The minimum Gasteiger partial charge on any atom is -0.484 e. The van der Waals surface area contributed by atoms with Gasteiger partial charge in [0.2, 0.25) is 0 Å². The van der Waals surface area contributed by atoms with Crippen LogP contribution in [-0.2, 0) is 9.59 Å². The topological polar surface area (TPSA) is 66.8 Å². The van der Waals surface area contributed by atoms with Crippen molar-refractivity contribution in [1.29, 1.82) is 0 Å². The molecule has 0 heterocycles. The molecular formula is C15H20ClNO4. The number of aliphatic carboxylic acids is 1. The van der Waals surface area contributed by atoms with Gasteiger partial charge in [-0.15, -0.1) is 0 Å². The van der Waals surface area contributed by atoms with Crippen molar-refractivity contribution in [3.8, 4) is 5.75 Å². The molecule has 116 valence electrons. The van der Waals surface area contributed by atoms with Crippen molar-refractivity contribution in [3.63, 3.8) is 0 Å². The van der Waals surface area contributed by atoms with Gasteiger partial charge in [-0.1, -0.05) is 11.6 Å². The van der Waals surface area contributed by atoms with Gasteiger partial charge in [0, 0.05) is 10.6 Å². The molecule has 0 spiro atoms. The van der Waals surface area contributed by atoms with Gasteiger partial charge in [-0.2, -0.15) is 0 Å². The quantitative estimate of drug-likeness (QED) is 0.907. The highest BCUT2D eigenvalue weighted by Gasteiger charge is 2.28. The first-order chi connectivity index (χ1) is 9.61. The number of benzene rings is 1. The molecule has 0 saturated carbocycles. The highest BCUT2D eigenvalue weighted by Crippen LogP contribution is 2.21. The highest BCUT2D eigenvalue weighted by molar-refractivity contribution is 6.31. The Bertz CT molecular complexity index is 537. The molecule has 1 aromatic carbocycles. The number of aryl methyl sites for hydroxylation is 1. The Balaban J connectivity index is 2.73. The fraction of sp³-hybridized carbons (Fsp3) is 0.467. The summed E-state index contributed by atoms with van der Waals surface area (Å²) in [6.07, 6.45) is 0. The lowest BCUT2D eigenvalue weighted by molar-refractivity contribution is -0.149. The van der Waals surface area contributed by atoms with Crippen molar-refractivity contribution in [1.82, 2.24) is 4.90 Å². The number of hydrogen-bond donors (Lipinski definition) is 1. The van der Waals surface area contributed by atoms with Gasteiger partial charge in [0.15, 0.2) is 6.61 Å². The van der Waals surface area contributed by atoms with Crippen LogP contribution >= 0.6 is 11.6 Å². The van der Waals surface area contributed by atoms with Crippen LogP contribution in [0.5, 0.6) is 5.75 Å². The van der Waals surface area contributed by atoms with Crippen LogP contribution in [0.15, 0.2) is 18.2 Å². The molecule has 0 unspecified atom stereocenters. The molecule has 5 nitrogen and oxygen atoms in total. The van der Waals surface area contributed by atoms with Gasteiger partial charge in [-0.3, -0.25) is 9.59 Å². The van der Waals surface area contributed by atoms with Crippen LogP contribution in [0.4, 0.5) is 0 Å². The molecule has 0 atom stereocenters. The van der Waals surface area contributed by atoms with E-state index in [1.54, 1.807) is 39.0 Å². The largest absolute Gasteiger partial charge is 0.484 e. The minimum absolute atomic E-state index is 0.217. The Morgan fingerprint density at radius 2 is 1.95 bits per heavy atom. The van der Waals surface area contributed by atoms with Crippen molar-refractivity contribution < 1.29 is 19.4 Å². The molecule has 0 aromatic heterocycles. The predicted octanol–water partition coefficient (Wildman–Crippen LogP) is 2.74. The van der Waals surface area contributed by atoms with Crippen molar-refractivity contribution in [2.75, 3.05) is 13.2 Å². The molecule has 1 rings (SSSR count). The molecule has 0 saturated heterocycles. The number of carbonyl (C=O) groups excluding carboxylic acids is 1. The highest BCUT2D eigenvalue weighted by atomic mass is 35.5. The first kappa shape index (κ1) is 17.3. The van der Waals surface area contributed by atoms with E-state index in [0.29, 0.717) is 10.8 Å². The van der Waals surface area contributed by atoms with E-state index in [0.717, 1.165) is 5.56 Å².